The lowest BCUT2D eigenvalue weighted by Gasteiger charge is -2.39. The average Bonchev–Trinajstić information content (AvgIpc) is 2.51. The summed E-state index contributed by atoms with van der Waals surface area (Å²) in [7, 11) is 0. The molecule has 1 aromatic carbocycles. The first-order chi connectivity index (χ1) is 10.1. The maximum atomic E-state index is 13.6. The summed E-state index contributed by atoms with van der Waals surface area (Å²) in [5.41, 5.74) is 6.20. The van der Waals surface area contributed by atoms with E-state index in [1.54, 1.807) is 6.07 Å². The zero-order chi connectivity index (χ0) is 15.4. The molecule has 0 aromatic heterocycles. The summed E-state index contributed by atoms with van der Waals surface area (Å²) < 4.78 is 13.6. The molecule has 1 aliphatic rings. The average molecular weight is 313 g/mol. The third kappa shape index (κ3) is 3.55. The summed E-state index contributed by atoms with van der Waals surface area (Å²) in [5, 5.41) is 0.0344. The lowest BCUT2D eigenvalue weighted by atomic mass is 9.83. The van der Waals surface area contributed by atoms with Gasteiger partial charge in [-0.05, 0) is 50.4 Å². The fraction of sp³-hybridized carbons (Fsp3) is 0.562. The number of benzene rings is 1. The minimum Gasteiger partial charge on any atom is -0.336 e. The van der Waals surface area contributed by atoms with Crippen LogP contribution in [0.3, 0.4) is 0 Å². The van der Waals surface area contributed by atoms with Gasteiger partial charge in [0, 0.05) is 18.2 Å². The van der Waals surface area contributed by atoms with Crippen molar-refractivity contribution >= 4 is 17.5 Å². The number of rotatable bonds is 4. The molecule has 5 heteroatoms. The molecule has 1 aromatic rings. The van der Waals surface area contributed by atoms with Gasteiger partial charge in [-0.25, -0.2) is 4.39 Å². The molecule has 0 saturated heterocycles. The van der Waals surface area contributed by atoms with Crippen molar-refractivity contribution in [2.45, 2.75) is 38.6 Å². The third-order valence-electron chi connectivity index (χ3n) is 4.34. The van der Waals surface area contributed by atoms with Crippen LogP contribution in [-0.4, -0.2) is 29.9 Å². The molecule has 0 radical (unpaired) electrons. The standard InChI is InChI=1S/C16H22ClFN2O/c1-2-20(15-6-4-3-5-12(15)10-19)16(21)11-7-8-13(17)14(18)9-11/h7-9,12,15H,2-6,10,19H2,1H3. The highest BCUT2D eigenvalue weighted by Crippen LogP contribution is 2.29. The van der Waals surface area contributed by atoms with Crippen molar-refractivity contribution < 1.29 is 9.18 Å². The van der Waals surface area contributed by atoms with Crippen LogP contribution in [-0.2, 0) is 0 Å². The monoisotopic (exact) mass is 312 g/mol. The molecule has 1 fully saturated rings. The van der Waals surface area contributed by atoms with Crippen LogP contribution in [0.5, 0.6) is 0 Å². The topological polar surface area (TPSA) is 46.3 Å². The molecule has 0 bridgehead atoms. The van der Waals surface area contributed by atoms with Crippen LogP contribution in [0.4, 0.5) is 4.39 Å². The fourth-order valence-corrected chi connectivity index (χ4v) is 3.31. The van der Waals surface area contributed by atoms with E-state index < -0.39 is 5.82 Å². The Balaban J connectivity index is 2.22. The first kappa shape index (κ1) is 16.2. The number of amides is 1. The third-order valence-corrected chi connectivity index (χ3v) is 4.65. The molecular formula is C16H22ClFN2O. The maximum absolute atomic E-state index is 13.6. The normalized spacial score (nSPS) is 22.1. The quantitative estimate of drug-likeness (QED) is 0.925. The van der Waals surface area contributed by atoms with Crippen molar-refractivity contribution in [2.75, 3.05) is 13.1 Å². The number of carbonyl (C=O) groups excluding carboxylic acids is 1. The van der Waals surface area contributed by atoms with Crippen molar-refractivity contribution in [3.05, 3.63) is 34.6 Å². The Hall–Kier alpha value is -1.13. The Labute approximate surface area is 130 Å². The Bertz CT molecular complexity index is 509. The molecule has 0 heterocycles. The van der Waals surface area contributed by atoms with Gasteiger partial charge >= 0.3 is 0 Å². The van der Waals surface area contributed by atoms with Crippen LogP contribution in [0.2, 0.25) is 5.02 Å². The van der Waals surface area contributed by atoms with Crippen LogP contribution in [0.1, 0.15) is 43.0 Å². The van der Waals surface area contributed by atoms with Gasteiger partial charge in [0.1, 0.15) is 5.82 Å². The van der Waals surface area contributed by atoms with Gasteiger partial charge in [-0.1, -0.05) is 24.4 Å². The minimum absolute atomic E-state index is 0.0344. The number of nitrogens with two attached hydrogens (primary N) is 1. The highest BCUT2D eigenvalue weighted by atomic mass is 35.5. The second kappa shape index (κ2) is 7.23. The van der Waals surface area contributed by atoms with Gasteiger partial charge in [0.05, 0.1) is 5.02 Å². The van der Waals surface area contributed by atoms with Crippen LogP contribution >= 0.6 is 11.6 Å². The fourth-order valence-electron chi connectivity index (χ4n) is 3.20. The summed E-state index contributed by atoms with van der Waals surface area (Å²) in [6.07, 6.45) is 4.30. The van der Waals surface area contributed by atoms with E-state index in [0.717, 1.165) is 19.3 Å². The van der Waals surface area contributed by atoms with E-state index in [-0.39, 0.29) is 17.0 Å². The number of nitrogens with zero attached hydrogens (tertiary/aromatic N) is 1. The second-order valence-electron chi connectivity index (χ2n) is 5.57. The van der Waals surface area contributed by atoms with Crippen LogP contribution in [0, 0.1) is 11.7 Å². The summed E-state index contributed by atoms with van der Waals surface area (Å²) in [6.45, 7) is 3.14. The first-order valence-electron chi connectivity index (χ1n) is 7.54. The molecule has 0 spiro atoms. The second-order valence-corrected chi connectivity index (χ2v) is 5.97. The van der Waals surface area contributed by atoms with Gasteiger partial charge in [0.15, 0.2) is 0 Å². The van der Waals surface area contributed by atoms with Gasteiger partial charge in [-0.2, -0.15) is 0 Å². The zero-order valence-electron chi connectivity index (χ0n) is 12.3. The smallest absolute Gasteiger partial charge is 0.254 e. The number of halogens is 2. The van der Waals surface area contributed by atoms with Crippen LogP contribution in [0.15, 0.2) is 18.2 Å². The number of carbonyl (C=O) groups is 1. The van der Waals surface area contributed by atoms with Crippen LogP contribution in [0.25, 0.3) is 0 Å². The highest BCUT2D eigenvalue weighted by Gasteiger charge is 2.31. The van der Waals surface area contributed by atoms with E-state index >= 15 is 0 Å². The Morgan fingerprint density at radius 3 is 2.76 bits per heavy atom. The predicted molar refractivity (Wildman–Crippen MR) is 82.9 cm³/mol. The molecule has 1 aliphatic carbocycles. The lowest BCUT2D eigenvalue weighted by molar-refractivity contribution is 0.0559. The molecule has 1 saturated carbocycles. The molecule has 2 rings (SSSR count). The summed E-state index contributed by atoms with van der Waals surface area (Å²) in [5.74, 6) is -0.365. The maximum Gasteiger partial charge on any atom is 0.254 e. The number of hydrogen-bond donors (Lipinski definition) is 1. The summed E-state index contributed by atoms with van der Waals surface area (Å²) in [6, 6.07) is 4.38. The summed E-state index contributed by atoms with van der Waals surface area (Å²) in [4.78, 5) is 14.5. The molecule has 3 nitrogen and oxygen atoms in total. The zero-order valence-corrected chi connectivity index (χ0v) is 13.1. The number of hydrogen-bond acceptors (Lipinski definition) is 2. The molecule has 1 amide bonds. The van der Waals surface area contributed by atoms with Crippen molar-refractivity contribution in [3.63, 3.8) is 0 Å². The van der Waals surface area contributed by atoms with Gasteiger partial charge in [0.25, 0.3) is 5.91 Å². The van der Waals surface area contributed by atoms with Crippen molar-refractivity contribution in [3.8, 4) is 0 Å². The van der Waals surface area contributed by atoms with Crippen molar-refractivity contribution in [1.29, 1.82) is 0 Å². The molecular weight excluding hydrogens is 291 g/mol. The van der Waals surface area contributed by atoms with Gasteiger partial charge < -0.3 is 10.6 Å². The molecule has 116 valence electrons. The SMILES string of the molecule is CCN(C(=O)c1ccc(Cl)c(F)c1)C1CCCCC1CN. The van der Waals surface area contributed by atoms with E-state index in [1.165, 1.54) is 18.6 Å². The van der Waals surface area contributed by atoms with E-state index in [2.05, 4.69) is 0 Å². The van der Waals surface area contributed by atoms with E-state index in [0.29, 0.717) is 24.6 Å². The van der Waals surface area contributed by atoms with E-state index in [4.69, 9.17) is 17.3 Å². The lowest BCUT2D eigenvalue weighted by Crippen LogP contribution is -2.48. The van der Waals surface area contributed by atoms with Gasteiger partial charge in [-0.3, -0.25) is 4.79 Å². The Morgan fingerprint density at radius 2 is 2.14 bits per heavy atom. The minimum atomic E-state index is -0.558. The first-order valence-corrected chi connectivity index (χ1v) is 7.92. The molecule has 2 unspecified atom stereocenters. The summed E-state index contributed by atoms with van der Waals surface area (Å²) >= 11 is 5.68. The molecule has 0 aliphatic heterocycles. The largest absolute Gasteiger partial charge is 0.336 e. The predicted octanol–water partition coefficient (Wildman–Crippen LogP) is 3.46. The van der Waals surface area contributed by atoms with Crippen molar-refractivity contribution in [1.82, 2.24) is 4.90 Å². The van der Waals surface area contributed by atoms with Gasteiger partial charge in [0.2, 0.25) is 0 Å². The van der Waals surface area contributed by atoms with E-state index in [1.807, 2.05) is 11.8 Å². The Kier molecular flexibility index (Phi) is 5.59. The van der Waals surface area contributed by atoms with Crippen LogP contribution < -0.4 is 5.73 Å². The highest BCUT2D eigenvalue weighted by molar-refractivity contribution is 6.30. The Morgan fingerprint density at radius 1 is 1.43 bits per heavy atom. The van der Waals surface area contributed by atoms with E-state index in [9.17, 15) is 9.18 Å². The molecule has 2 atom stereocenters. The molecule has 21 heavy (non-hydrogen) atoms. The van der Waals surface area contributed by atoms with Crippen molar-refractivity contribution in [2.24, 2.45) is 11.7 Å². The van der Waals surface area contributed by atoms with Gasteiger partial charge in [-0.15, -0.1) is 0 Å². The molecule has 2 N–H and O–H groups in total.